The first-order chi connectivity index (χ1) is 16.4. The van der Waals surface area contributed by atoms with Crippen molar-refractivity contribution in [3.05, 3.63) is 60.2 Å². The third-order valence-corrected chi connectivity index (χ3v) is 6.02. The number of benzene rings is 1. The quantitative estimate of drug-likeness (QED) is 0.438. The Bertz CT molecular complexity index is 1210. The van der Waals surface area contributed by atoms with Crippen molar-refractivity contribution in [2.75, 3.05) is 23.7 Å². The number of carbonyl (C=O) groups is 1. The Morgan fingerprint density at radius 3 is 2.82 bits per heavy atom. The van der Waals surface area contributed by atoms with Gasteiger partial charge in [0, 0.05) is 54.3 Å². The van der Waals surface area contributed by atoms with E-state index in [9.17, 15) is 4.79 Å². The van der Waals surface area contributed by atoms with Gasteiger partial charge in [-0.05, 0) is 44.9 Å². The molecule has 2 aromatic heterocycles. The van der Waals surface area contributed by atoms with Gasteiger partial charge in [-0.3, -0.25) is 0 Å². The molecule has 2 aliphatic heterocycles. The minimum absolute atomic E-state index is 0.0143. The number of fused-ring (bicyclic) bond motifs is 1. The smallest absolute Gasteiger partial charge is 0.318 e. The van der Waals surface area contributed by atoms with E-state index in [1.165, 1.54) is 5.57 Å². The maximum absolute atomic E-state index is 12.5. The Morgan fingerprint density at radius 1 is 1.21 bits per heavy atom. The fourth-order valence-corrected chi connectivity index (χ4v) is 4.37. The van der Waals surface area contributed by atoms with Gasteiger partial charge in [-0.25, -0.2) is 19.7 Å². The molecule has 2 amide bonds. The van der Waals surface area contributed by atoms with E-state index >= 15 is 0 Å². The number of aromatic amines is 1. The molecular weight excluding hydrogens is 428 g/mol. The number of anilines is 3. The first kappa shape index (κ1) is 21.9. The van der Waals surface area contributed by atoms with E-state index in [4.69, 9.17) is 0 Å². The number of nitrogens with zero attached hydrogens (tertiary/aromatic N) is 4. The lowest BCUT2D eigenvalue weighted by molar-refractivity contribution is 0.192. The zero-order chi connectivity index (χ0) is 23.7. The highest BCUT2D eigenvalue weighted by molar-refractivity contribution is 5.75. The SMILES string of the molecule is CC(C)(C)NC(=O)N1CC=C(C2Cc3c(Nc4cccc(-c5ncc[nH]5)c4)ncnc3N2)CC1. The van der Waals surface area contributed by atoms with Crippen molar-refractivity contribution >= 4 is 23.4 Å². The van der Waals surface area contributed by atoms with E-state index in [0.717, 1.165) is 47.1 Å². The van der Waals surface area contributed by atoms with Gasteiger partial charge in [-0.15, -0.1) is 0 Å². The number of urea groups is 1. The van der Waals surface area contributed by atoms with Crippen LogP contribution in [0.5, 0.6) is 0 Å². The molecule has 0 aliphatic carbocycles. The van der Waals surface area contributed by atoms with Crippen LogP contribution in [0, 0.1) is 0 Å². The third kappa shape index (κ3) is 4.73. The summed E-state index contributed by atoms with van der Waals surface area (Å²) in [4.78, 5) is 30.8. The molecule has 1 aromatic carbocycles. The fraction of sp³-hybridized carbons (Fsp3) is 0.360. The minimum Gasteiger partial charge on any atom is -0.363 e. The number of nitrogens with one attached hydrogen (secondary N) is 4. The van der Waals surface area contributed by atoms with Crippen LogP contribution in [-0.4, -0.2) is 55.5 Å². The molecule has 0 radical (unpaired) electrons. The second kappa shape index (κ2) is 8.81. The van der Waals surface area contributed by atoms with Crippen molar-refractivity contribution in [1.29, 1.82) is 0 Å². The summed E-state index contributed by atoms with van der Waals surface area (Å²) in [7, 11) is 0. The van der Waals surface area contributed by atoms with Crippen molar-refractivity contribution in [2.45, 2.75) is 45.2 Å². The average molecular weight is 459 g/mol. The molecule has 0 spiro atoms. The number of aromatic nitrogens is 4. The summed E-state index contributed by atoms with van der Waals surface area (Å²) in [5.74, 6) is 2.49. The fourth-order valence-electron chi connectivity index (χ4n) is 4.37. The van der Waals surface area contributed by atoms with Crippen LogP contribution in [-0.2, 0) is 6.42 Å². The molecule has 0 saturated carbocycles. The summed E-state index contributed by atoms with van der Waals surface area (Å²) in [6.07, 6.45) is 8.95. The lowest BCUT2D eigenvalue weighted by atomic mass is 9.97. The van der Waals surface area contributed by atoms with Crippen LogP contribution in [0.2, 0.25) is 0 Å². The van der Waals surface area contributed by atoms with Gasteiger partial charge in [-0.2, -0.15) is 0 Å². The van der Waals surface area contributed by atoms with Gasteiger partial charge in [0.25, 0.3) is 0 Å². The predicted molar refractivity (Wildman–Crippen MR) is 133 cm³/mol. The van der Waals surface area contributed by atoms with E-state index in [0.29, 0.717) is 13.1 Å². The summed E-state index contributed by atoms with van der Waals surface area (Å²) in [5, 5.41) is 10.1. The summed E-state index contributed by atoms with van der Waals surface area (Å²) in [6.45, 7) is 7.31. The zero-order valence-electron chi connectivity index (χ0n) is 19.7. The standard InChI is InChI=1S/C25H30N8O/c1-25(2,3)32-24(34)33-11-7-16(8-12-33)20-14-19-22(28-15-29-23(19)31-20)30-18-6-4-5-17(13-18)21-26-9-10-27-21/h4-7,9-10,13,15,20H,8,11-12,14H2,1-3H3,(H,26,27)(H,32,34)(H2,28,29,30,31). The molecule has 0 fully saturated rings. The Balaban J connectivity index is 1.27. The summed E-state index contributed by atoms with van der Waals surface area (Å²) in [6, 6.07) is 8.23. The minimum atomic E-state index is -0.241. The molecule has 34 heavy (non-hydrogen) atoms. The summed E-state index contributed by atoms with van der Waals surface area (Å²) >= 11 is 0. The van der Waals surface area contributed by atoms with E-state index in [1.54, 1.807) is 12.5 Å². The van der Waals surface area contributed by atoms with E-state index in [-0.39, 0.29) is 17.6 Å². The van der Waals surface area contributed by atoms with Crippen LogP contribution in [0.3, 0.4) is 0 Å². The molecule has 5 rings (SSSR count). The van der Waals surface area contributed by atoms with Gasteiger partial charge in [0.15, 0.2) is 0 Å². The van der Waals surface area contributed by atoms with Crippen LogP contribution in [0.4, 0.5) is 22.1 Å². The second-order valence-electron chi connectivity index (χ2n) is 9.75. The maximum atomic E-state index is 12.5. The summed E-state index contributed by atoms with van der Waals surface area (Å²) < 4.78 is 0. The first-order valence-electron chi connectivity index (χ1n) is 11.6. The number of hydrogen-bond donors (Lipinski definition) is 4. The number of H-pyrrole nitrogens is 1. The van der Waals surface area contributed by atoms with Gasteiger partial charge in [0.1, 0.15) is 23.8 Å². The average Bonchev–Trinajstić information content (AvgIpc) is 3.49. The van der Waals surface area contributed by atoms with Crippen LogP contribution in [0.25, 0.3) is 11.4 Å². The molecule has 176 valence electrons. The van der Waals surface area contributed by atoms with Crippen LogP contribution < -0.4 is 16.0 Å². The van der Waals surface area contributed by atoms with Crippen LogP contribution in [0.15, 0.2) is 54.6 Å². The van der Waals surface area contributed by atoms with E-state index < -0.39 is 0 Å². The predicted octanol–water partition coefficient (Wildman–Crippen LogP) is 4.09. The zero-order valence-corrected chi connectivity index (χ0v) is 19.7. The normalized spacial score (nSPS) is 17.6. The van der Waals surface area contributed by atoms with Crippen LogP contribution in [0.1, 0.15) is 32.8 Å². The number of carbonyl (C=O) groups excluding carboxylic acids is 1. The van der Waals surface area contributed by atoms with Crippen molar-refractivity contribution in [2.24, 2.45) is 0 Å². The molecule has 0 bridgehead atoms. The molecular formula is C25H30N8O. The monoisotopic (exact) mass is 458 g/mol. The molecule has 2 aliphatic rings. The van der Waals surface area contributed by atoms with Gasteiger partial charge in [0.2, 0.25) is 0 Å². The van der Waals surface area contributed by atoms with Crippen molar-refractivity contribution < 1.29 is 4.79 Å². The number of imidazole rings is 1. The topological polar surface area (TPSA) is 111 Å². The number of rotatable bonds is 4. The van der Waals surface area contributed by atoms with E-state index in [1.807, 2.05) is 56.1 Å². The van der Waals surface area contributed by atoms with Gasteiger partial charge < -0.3 is 25.8 Å². The highest BCUT2D eigenvalue weighted by atomic mass is 16.2. The largest absolute Gasteiger partial charge is 0.363 e. The highest BCUT2D eigenvalue weighted by Crippen LogP contribution is 2.34. The molecule has 9 nitrogen and oxygen atoms in total. The second-order valence-corrected chi connectivity index (χ2v) is 9.75. The lowest BCUT2D eigenvalue weighted by Crippen LogP contribution is -2.50. The highest BCUT2D eigenvalue weighted by Gasteiger charge is 2.30. The molecule has 9 heteroatoms. The van der Waals surface area contributed by atoms with Crippen molar-refractivity contribution in [3.8, 4) is 11.4 Å². The number of amides is 2. The molecule has 4 heterocycles. The molecule has 1 atom stereocenters. The van der Waals surface area contributed by atoms with Crippen LogP contribution >= 0.6 is 0 Å². The Morgan fingerprint density at radius 2 is 2.09 bits per heavy atom. The van der Waals surface area contributed by atoms with E-state index in [2.05, 4.69) is 42.0 Å². The van der Waals surface area contributed by atoms with Crippen molar-refractivity contribution in [1.82, 2.24) is 30.2 Å². The molecule has 0 saturated heterocycles. The first-order valence-corrected chi connectivity index (χ1v) is 11.6. The Labute approximate surface area is 199 Å². The van der Waals surface area contributed by atoms with Gasteiger partial charge in [-0.1, -0.05) is 18.2 Å². The third-order valence-electron chi connectivity index (χ3n) is 6.02. The Hall–Kier alpha value is -3.88. The maximum Gasteiger partial charge on any atom is 0.318 e. The van der Waals surface area contributed by atoms with Crippen molar-refractivity contribution in [3.63, 3.8) is 0 Å². The van der Waals surface area contributed by atoms with Gasteiger partial charge >= 0.3 is 6.03 Å². The molecule has 4 N–H and O–H groups in total. The molecule has 3 aromatic rings. The molecule has 1 unspecified atom stereocenters. The number of hydrogen-bond acceptors (Lipinski definition) is 6. The van der Waals surface area contributed by atoms with Gasteiger partial charge in [0.05, 0.1) is 6.04 Å². The Kier molecular flexibility index (Phi) is 5.69. The lowest BCUT2D eigenvalue weighted by Gasteiger charge is -2.31. The summed E-state index contributed by atoms with van der Waals surface area (Å²) in [5.41, 5.74) is 4.09.